The lowest BCUT2D eigenvalue weighted by atomic mass is 9.94. The van der Waals surface area contributed by atoms with Gasteiger partial charge in [-0.2, -0.15) is 4.31 Å². The lowest BCUT2D eigenvalue weighted by molar-refractivity contribution is 0.211. The third-order valence-electron chi connectivity index (χ3n) is 3.68. The Bertz CT molecular complexity index is 598. The fourth-order valence-corrected chi connectivity index (χ4v) is 4.74. The van der Waals surface area contributed by atoms with Crippen molar-refractivity contribution >= 4 is 34.0 Å². The molecule has 2 unspecified atom stereocenters. The number of nitrogens with two attached hydrogens (primary N) is 1. The van der Waals surface area contributed by atoms with Crippen LogP contribution < -0.4 is 5.73 Å². The van der Waals surface area contributed by atoms with E-state index in [1.165, 1.54) is 10.4 Å². The van der Waals surface area contributed by atoms with Crippen molar-refractivity contribution in [2.75, 3.05) is 13.1 Å². The highest BCUT2D eigenvalue weighted by molar-refractivity contribution is 7.89. The van der Waals surface area contributed by atoms with E-state index < -0.39 is 15.8 Å². The third kappa shape index (κ3) is 3.87. The van der Waals surface area contributed by atoms with E-state index in [9.17, 15) is 12.8 Å². The van der Waals surface area contributed by atoms with Gasteiger partial charge in [0.05, 0.1) is 5.02 Å². The quantitative estimate of drug-likeness (QED) is 0.905. The fraction of sp³-hybridized carbons (Fsp3) is 0.538. The number of rotatable bonds is 3. The molecule has 2 rings (SSSR count). The number of hydrogen-bond donors (Lipinski definition) is 1. The Morgan fingerprint density at radius 2 is 2.14 bits per heavy atom. The average Bonchev–Trinajstić information content (AvgIpc) is 2.37. The maximum absolute atomic E-state index is 13.1. The molecule has 120 valence electrons. The second kappa shape index (κ2) is 7.24. The summed E-state index contributed by atoms with van der Waals surface area (Å²) >= 11 is 5.88. The minimum atomic E-state index is -3.74. The molecule has 1 heterocycles. The zero-order valence-electron chi connectivity index (χ0n) is 11.6. The van der Waals surface area contributed by atoms with Gasteiger partial charge in [0.15, 0.2) is 0 Å². The second-order valence-electron chi connectivity index (χ2n) is 5.21. The van der Waals surface area contributed by atoms with Gasteiger partial charge in [-0.1, -0.05) is 18.5 Å². The molecule has 0 saturated carbocycles. The Balaban J connectivity index is 0.00000220. The van der Waals surface area contributed by atoms with Crippen molar-refractivity contribution in [2.45, 2.75) is 30.7 Å². The first-order valence-electron chi connectivity index (χ1n) is 6.53. The van der Waals surface area contributed by atoms with Crippen LogP contribution in [0.4, 0.5) is 4.39 Å². The Morgan fingerprint density at radius 3 is 2.71 bits per heavy atom. The van der Waals surface area contributed by atoms with Gasteiger partial charge in [0, 0.05) is 19.1 Å². The monoisotopic (exact) mass is 356 g/mol. The second-order valence-corrected chi connectivity index (χ2v) is 7.48. The van der Waals surface area contributed by atoms with Crippen LogP contribution in [0.5, 0.6) is 0 Å². The summed E-state index contributed by atoms with van der Waals surface area (Å²) < 4.78 is 39.8. The summed E-state index contributed by atoms with van der Waals surface area (Å²) in [4.78, 5) is -0.0615. The van der Waals surface area contributed by atoms with E-state index in [0.717, 1.165) is 25.0 Å². The maximum Gasteiger partial charge on any atom is 0.244 e. The van der Waals surface area contributed by atoms with Crippen molar-refractivity contribution in [1.82, 2.24) is 4.31 Å². The number of nitrogens with zero attached hydrogens (tertiary/aromatic N) is 1. The summed E-state index contributed by atoms with van der Waals surface area (Å²) in [5.74, 6) is -0.115. The molecular weight excluding hydrogens is 338 g/mol. The minimum absolute atomic E-state index is 0. The minimum Gasteiger partial charge on any atom is -0.329 e. The number of benzene rings is 1. The van der Waals surface area contributed by atoms with Crippen LogP contribution >= 0.6 is 24.0 Å². The molecule has 2 N–H and O–H groups in total. The van der Waals surface area contributed by atoms with Crippen LogP contribution in [0.25, 0.3) is 0 Å². The lowest BCUT2D eigenvalue weighted by Crippen LogP contribution is -2.49. The van der Waals surface area contributed by atoms with Crippen LogP contribution in [-0.2, 0) is 10.0 Å². The molecule has 1 aliphatic rings. The van der Waals surface area contributed by atoms with Gasteiger partial charge in [-0.05, 0) is 37.0 Å². The third-order valence-corrected chi connectivity index (χ3v) is 6.11. The maximum atomic E-state index is 13.1. The van der Waals surface area contributed by atoms with E-state index in [4.69, 9.17) is 17.3 Å². The zero-order chi connectivity index (χ0) is 14.9. The van der Waals surface area contributed by atoms with Crippen LogP contribution in [0.3, 0.4) is 0 Å². The standard InChI is InChI=1S/C13H18ClFN2O2S.ClH/c1-9-4-5-17(11(6-9)8-16)20(18,19)13-3-2-10(15)7-12(13)14;/h2-3,7,9,11H,4-6,8,16H2,1H3;1H. The highest BCUT2D eigenvalue weighted by atomic mass is 35.5. The van der Waals surface area contributed by atoms with E-state index >= 15 is 0 Å². The molecule has 1 aromatic rings. The molecule has 0 spiro atoms. The summed E-state index contributed by atoms with van der Waals surface area (Å²) in [6.45, 7) is 2.76. The first-order valence-corrected chi connectivity index (χ1v) is 8.35. The molecule has 1 aromatic carbocycles. The van der Waals surface area contributed by atoms with E-state index in [1.54, 1.807) is 0 Å². The molecule has 0 aliphatic carbocycles. The fourth-order valence-electron chi connectivity index (χ4n) is 2.57. The molecule has 1 saturated heterocycles. The number of piperidine rings is 1. The van der Waals surface area contributed by atoms with Crippen molar-refractivity contribution in [3.8, 4) is 0 Å². The summed E-state index contributed by atoms with van der Waals surface area (Å²) in [6, 6.07) is 3.09. The van der Waals surface area contributed by atoms with Gasteiger partial charge in [0.1, 0.15) is 10.7 Å². The van der Waals surface area contributed by atoms with Crippen molar-refractivity contribution in [1.29, 1.82) is 0 Å². The number of hydrogen-bond acceptors (Lipinski definition) is 3. The molecule has 8 heteroatoms. The zero-order valence-corrected chi connectivity index (χ0v) is 14.0. The van der Waals surface area contributed by atoms with E-state index in [2.05, 4.69) is 6.92 Å². The van der Waals surface area contributed by atoms with Crippen molar-refractivity contribution in [2.24, 2.45) is 11.7 Å². The van der Waals surface area contributed by atoms with Gasteiger partial charge in [-0.25, -0.2) is 12.8 Å². The van der Waals surface area contributed by atoms with Crippen molar-refractivity contribution in [3.63, 3.8) is 0 Å². The Labute approximate surface area is 135 Å². The predicted octanol–water partition coefficient (Wildman–Crippen LogP) is 2.65. The number of halogens is 3. The summed E-state index contributed by atoms with van der Waals surface area (Å²) in [5.41, 5.74) is 5.69. The van der Waals surface area contributed by atoms with E-state index in [-0.39, 0.29) is 34.9 Å². The summed E-state index contributed by atoms with van der Waals surface area (Å²) in [6.07, 6.45) is 1.52. The predicted molar refractivity (Wildman–Crippen MR) is 83.8 cm³/mol. The van der Waals surface area contributed by atoms with Gasteiger partial charge in [-0.3, -0.25) is 0 Å². The van der Waals surface area contributed by atoms with Gasteiger partial charge in [0.2, 0.25) is 10.0 Å². The molecule has 0 bridgehead atoms. The first-order chi connectivity index (χ1) is 9.36. The van der Waals surface area contributed by atoms with Crippen LogP contribution in [0.15, 0.2) is 23.1 Å². The van der Waals surface area contributed by atoms with Crippen LogP contribution in [0.2, 0.25) is 5.02 Å². The van der Waals surface area contributed by atoms with E-state index in [0.29, 0.717) is 12.5 Å². The smallest absolute Gasteiger partial charge is 0.244 e. The molecule has 1 fully saturated rings. The molecule has 21 heavy (non-hydrogen) atoms. The average molecular weight is 357 g/mol. The Kier molecular flexibility index (Phi) is 6.43. The first kappa shape index (κ1) is 18.6. The lowest BCUT2D eigenvalue weighted by Gasteiger charge is -2.37. The molecule has 1 aliphatic heterocycles. The topological polar surface area (TPSA) is 63.4 Å². The van der Waals surface area contributed by atoms with Crippen LogP contribution in [-0.4, -0.2) is 31.9 Å². The van der Waals surface area contributed by atoms with Gasteiger partial charge < -0.3 is 5.73 Å². The molecule has 0 radical (unpaired) electrons. The highest BCUT2D eigenvalue weighted by Gasteiger charge is 2.35. The molecule has 0 aromatic heterocycles. The van der Waals surface area contributed by atoms with Gasteiger partial charge in [0.25, 0.3) is 0 Å². The summed E-state index contributed by atoms with van der Waals surface area (Å²) in [7, 11) is -3.74. The molecule has 0 amide bonds. The Morgan fingerprint density at radius 1 is 1.48 bits per heavy atom. The summed E-state index contributed by atoms with van der Waals surface area (Å²) in [5, 5.41) is -0.0978. The largest absolute Gasteiger partial charge is 0.329 e. The van der Waals surface area contributed by atoms with Gasteiger partial charge >= 0.3 is 0 Å². The number of sulfonamides is 1. The SMILES string of the molecule is CC1CCN(S(=O)(=O)c2ccc(F)cc2Cl)C(CN)C1.Cl. The van der Waals surface area contributed by atoms with Crippen LogP contribution in [0.1, 0.15) is 19.8 Å². The van der Waals surface area contributed by atoms with E-state index in [1.807, 2.05) is 0 Å². The van der Waals surface area contributed by atoms with Gasteiger partial charge in [-0.15, -0.1) is 12.4 Å². The molecule has 2 atom stereocenters. The van der Waals surface area contributed by atoms with Crippen molar-refractivity contribution in [3.05, 3.63) is 29.0 Å². The van der Waals surface area contributed by atoms with Crippen LogP contribution in [0, 0.1) is 11.7 Å². The van der Waals surface area contributed by atoms with Crippen molar-refractivity contribution < 1.29 is 12.8 Å². The normalized spacial score (nSPS) is 23.6. The molecular formula is C13H19Cl2FN2O2S. The molecule has 4 nitrogen and oxygen atoms in total. The Hall–Kier alpha value is -0.400. The highest BCUT2D eigenvalue weighted by Crippen LogP contribution is 2.31.